The van der Waals surface area contributed by atoms with Crippen molar-refractivity contribution in [1.29, 1.82) is 0 Å². The Morgan fingerprint density at radius 1 is 1.18 bits per heavy atom. The average Bonchev–Trinajstić information content (AvgIpc) is 3.36. The number of hydrogen-bond acceptors (Lipinski definition) is 7. The van der Waals surface area contributed by atoms with Crippen LogP contribution in [-0.4, -0.2) is 70.0 Å². The summed E-state index contributed by atoms with van der Waals surface area (Å²) in [5, 5.41) is 41.8. The molecule has 1 saturated heterocycles. The quantitative estimate of drug-likeness (QED) is 0.335. The van der Waals surface area contributed by atoms with E-state index < -0.39 is 52.9 Å². The summed E-state index contributed by atoms with van der Waals surface area (Å²) in [5.41, 5.74) is -2.37. The molecule has 0 amide bonds. The summed E-state index contributed by atoms with van der Waals surface area (Å²) < 4.78 is 11.8. The second-order valence-electron chi connectivity index (χ2n) is 12.0. The normalized spacial score (nSPS) is 53.6. The van der Waals surface area contributed by atoms with Crippen molar-refractivity contribution in [2.24, 2.45) is 45.8 Å². The number of aldehydes is 1. The molecule has 1 heterocycles. The van der Waals surface area contributed by atoms with Gasteiger partial charge in [0.15, 0.2) is 6.29 Å². The molecule has 5 rings (SSSR count). The highest BCUT2D eigenvalue weighted by Gasteiger charge is 2.84. The third kappa shape index (κ3) is 2.67. The molecule has 12 atom stereocenters. The molecular weight excluding hydrogens is 440 g/mol. The first kappa shape index (κ1) is 24.4. The van der Waals surface area contributed by atoms with Gasteiger partial charge in [0.25, 0.3) is 0 Å². The number of carboxylic acid groups (broad SMARTS) is 1. The molecule has 8 nitrogen and oxygen atoms in total. The molecule has 34 heavy (non-hydrogen) atoms. The summed E-state index contributed by atoms with van der Waals surface area (Å²) in [7, 11) is 0. The SMILES string of the molecule is CC(C)C1=C[C@@H]2C[C@@]3(C=O)[C@H]4CC[C@H](C)[C@@H]4C[C@]2(CO[C@@H]2O[C@H](C)[C@@H](O)[C@@H](O)[C@@H]2O)[C@@]13C(=O)O. The number of carboxylic acids is 1. The van der Waals surface area contributed by atoms with Gasteiger partial charge in [-0.3, -0.25) is 4.79 Å². The van der Waals surface area contributed by atoms with Crippen LogP contribution in [0.2, 0.25) is 0 Å². The second-order valence-corrected chi connectivity index (χ2v) is 12.0. The van der Waals surface area contributed by atoms with Gasteiger partial charge >= 0.3 is 5.97 Å². The van der Waals surface area contributed by atoms with Crippen LogP contribution in [0.1, 0.15) is 53.4 Å². The van der Waals surface area contributed by atoms with Crippen molar-refractivity contribution in [1.82, 2.24) is 0 Å². The third-order valence-electron chi connectivity index (χ3n) is 10.4. The van der Waals surface area contributed by atoms with Crippen LogP contribution in [0.4, 0.5) is 0 Å². The van der Waals surface area contributed by atoms with Gasteiger partial charge in [0.05, 0.1) is 18.1 Å². The van der Waals surface area contributed by atoms with Crippen molar-refractivity contribution in [2.75, 3.05) is 6.61 Å². The van der Waals surface area contributed by atoms with E-state index in [4.69, 9.17) is 9.47 Å². The predicted octanol–water partition coefficient (Wildman–Crippen LogP) is 1.76. The topological polar surface area (TPSA) is 134 Å². The lowest BCUT2D eigenvalue weighted by molar-refractivity contribution is -0.304. The van der Waals surface area contributed by atoms with Crippen LogP contribution in [0.3, 0.4) is 0 Å². The van der Waals surface area contributed by atoms with E-state index in [-0.39, 0.29) is 30.3 Å². The lowest BCUT2D eigenvalue weighted by Crippen LogP contribution is -2.64. The maximum absolute atomic E-state index is 13.4. The molecule has 4 N–H and O–H groups in total. The van der Waals surface area contributed by atoms with Crippen LogP contribution < -0.4 is 0 Å². The summed E-state index contributed by atoms with van der Waals surface area (Å²) in [6, 6.07) is 0. The van der Waals surface area contributed by atoms with E-state index in [0.717, 1.165) is 24.7 Å². The van der Waals surface area contributed by atoms with Gasteiger partial charge in [-0.15, -0.1) is 0 Å². The maximum Gasteiger partial charge on any atom is 0.315 e. The summed E-state index contributed by atoms with van der Waals surface area (Å²) in [5.74, 6) is -0.472. The average molecular weight is 479 g/mol. The van der Waals surface area contributed by atoms with Gasteiger partial charge in [-0.05, 0) is 55.8 Å². The van der Waals surface area contributed by atoms with E-state index in [1.807, 2.05) is 13.8 Å². The zero-order chi connectivity index (χ0) is 24.8. The van der Waals surface area contributed by atoms with Crippen molar-refractivity contribution in [3.63, 3.8) is 0 Å². The minimum Gasteiger partial charge on any atom is -0.481 e. The molecule has 4 fully saturated rings. The molecule has 8 heteroatoms. The standard InChI is InChI=1S/C26H38O8/c1-12(2)18-7-15-8-24(10-27)17-6-5-13(3)16(17)9-25(15,26(18,24)23(31)32)11-33-22-21(30)20(29)19(28)14(4)34-22/h7,10,12-17,19-22,28-30H,5-6,8-9,11H2,1-4H3,(H,31,32)/t13-,14+,15+,16-,17-,19+,20+,21-,22+,24+,25+,26+/m0/s1. The number of allylic oxidation sites excluding steroid dienone is 1. The predicted molar refractivity (Wildman–Crippen MR) is 120 cm³/mol. The van der Waals surface area contributed by atoms with Gasteiger partial charge in [0, 0.05) is 5.41 Å². The van der Waals surface area contributed by atoms with Crippen molar-refractivity contribution in [2.45, 2.75) is 84.1 Å². The highest BCUT2D eigenvalue weighted by Crippen LogP contribution is 2.82. The summed E-state index contributed by atoms with van der Waals surface area (Å²) in [6.45, 7) is 7.76. The Morgan fingerprint density at radius 3 is 2.50 bits per heavy atom. The van der Waals surface area contributed by atoms with E-state index in [2.05, 4.69) is 13.0 Å². The summed E-state index contributed by atoms with van der Waals surface area (Å²) in [6.07, 6.45) is -0.0313. The first-order valence-electron chi connectivity index (χ1n) is 12.7. The van der Waals surface area contributed by atoms with E-state index >= 15 is 0 Å². The van der Waals surface area contributed by atoms with Gasteiger partial charge in [0.1, 0.15) is 30.0 Å². The van der Waals surface area contributed by atoms with Gasteiger partial charge < -0.3 is 34.7 Å². The van der Waals surface area contributed by atoms with E-state index in [1.54, 1.807) is 6.92 Å². The number of aliphatic carboxylic acids is 1. The molecule has 5 aliphatic rings. The number of carbonyl (C=O) groups is 2. The van der Waals surface area contributed by atoms with E-state index in [1.165, 1.54) is 0 Å². The molecule has 4 bridgehead atoms. The number of ether oxygens (including phenoxy) is 2. The Hall–Kier alpha value is -1.32. The molecule has 0 aromatic carbocycles. The van der Waals surface area contributed by atoms with Crippen molar-refractivity contribution < 1.29 is 39.5 Å². The fourth-order valence-electron chi connectivity index (χ4n) is 9.02. The third-order valence-corrected chi connectivity index (χ3v) is 10.4. The molecule has 190 valence electrons. The summed E-state index contributed by atoms with van der Waals surface area (Å²) in [4.78, 5) is 26.4. The van der Waals surface area contributed by atoms with Crippen LogP contribution in [0.25, 0.3) is 0 Å². The molecule has 0 radical (unpaired) electrons. The Balaban J connectivity index is 1.59. The molecular formula is C26H38O8. The van der Waals surface area contributed by atoms with Crippen molar-refractivity contribution in [3.8, 4) is 0 Å². The van der Waals surface area contributed by atoms with Crippen molar-refractivity contribution in [3.05, 3.63) is 11.6 Å². The van der Waals surface area contributed by atoms with Gasteiger partial charge in [-0.1, -0.05) is 38.8 Å². The summed E-state index contributed by atoms with van der Waals surface area (Å²) >= 11 is 0. The minimum atomic E-state index is -1.46. The van der Waals surface area contributed by atoms with Crippen LogP contribution in [0, 0.1) is 45.8 Å². The number of fused-ring (bicyclic) bond motifs is 2. The van der Waals surface area contributed by atoms with Crippen LogP contribution in [0.15, 0.2) is 11.6 Å². The monoisotopic (exact) mass is 478 g/mol. The second kappa shape index (κ2) is 7.84. The Labute approximate surface area is 200 Å². The molecule has 0 spiro atoms. The zero-order valence-electron chi connectivity index (χ0n) is 20.4. The number of rotatable bonds is 6. The maximum atomic E-state index is 13.4. The first-order chi connectivity index (χ1) is 16.0. The number of aliphatic hydroxyl groups is 3. The van der Waals surface area contributed by atoms with Crippen LogP contribution in [0.5, 0.6) is 0 Å². The number of aliphatic hydroxyl groups excluding tert-OH is 3. The molecule has 4 aliphatic carbocycles. The molecule has 0 unspecified atom stereocenters. The van der Waals surface area contributed by atoms with E-state index in [9.17, 15) is 30.0 Å². The smallest absolute Gasteiger partial charge is 0.315 e. The highest BCUT2D eigenvalue weighted by atomic mass is 16.7. The fraction of sp³-hybridized carbons (Fsp3) is 0.846. The lowest BCUT2D eigenvalue weighted by atomic mass is 9.43. The van der Waals surface area contributed by atoms with Crippen LogP contribution in [-0.2, 0) is 19.1 Å². The van der Waals surface area contributed by atoms with Gasteiger partial charge in [-0.25, -0.2) is 0 Å². The first-order valence-corrected chi connectivity index (χ1v) is 12.7. The van der Waals surface area contributed by atoms with Crippen molar-refractivity contribution >= 4 is 12.3 Å². The van der Waals surface area contributed by atoms with Gasteiger partial charge in [-0.2, -0.15) is 0 Å². The lowest BCUT2D eigenvalue weighted by Gasteiger charge is -2.58. The van der Waals surface area contributed by atoms with E-state index in [0.29, 0.717) is 18.8 Å². The molecule has 0 aromatic rings. The highest BCUT2D eigenvalue weighted by molar-refractivity contribution is 5.90. The number of carbonyl (C=O) groups excluding carboxylic acids is 1. The Morgan fingerprint density at radius 2 is 1.88 bits per heavy atom. The largest absolute Gasteiger partial charge is 0.481 e. The molecule has 0 aromatic heterocycles. The molecule has 3 saturated carbocycles. The van der Waals surface area contributed by atoms with Crippen LogP contribution >= 0.6 is 0 Å². The fourth-order valence-corrected chi connectivity index (χ4v) is 9.02. The zero-order valence-corrected chi connectivity index (χ0v) is 20.4. The number of hydrogen-bond donors (Lipinski definition) is 4. The Kier molecular flexibility index (Phi) is 5.62. The Bertz CT molecular complexity index is 901. The van der Waals surface area contributed by atoms with Gasteiger partial charge in [0.2, 0.25) is 0 Å². The molecule has 1 aliphatic heterocycles. The minimum absolute atomic E-state index is 0.000517.